The second-order valence-corrected chi connectivity index (χ2v) is 4.34. The molecule has 2 aromatic carbocycles. The molecule has 2 N–H and O–H groups in total. The standard InChI is InChI=1S/C16H19NO/c18-13-16(15-9-5-2-6-10-15)17-12-11-14-7-3-1-4-8-14/h1-10,16-18H,11-13H2/t16-/m1/s1. The third-order valence-corrected chi connectivity index (χ3v) is 3.03. The highest BCUT2D eigenvalue weighted by Crippen LogP contribution is 2.11. The first-order valence-corrected chi connectivity index (χ1v) is 6.33. The van der Waals surface area contributed by atoms with Gasteiger partial charge in [-0.1, -0.05) is 60.7 Å². The normalized spacial score (nSPS) is 12.3. The van der Waals surface area contributed by atoms with Crippen molar-refractivity contribution >= 4 is 0 Å². The van der Waals surface area contributed by atoms with Gasteiger partial charge in [-0.05, 0) is 24.1 Å². The van der Waals surface area contributed by atoms with Gasteiger partial charge in [0.05, 0.1) is 12.6 Å². The number of rotatable bonds is 6. The van der Waals surface area contributed by atoms with Crippen LogP contribution in [0.4, 0.5) is 0 Å². The predicted molar refractivity (Wildman–Crippen MR) is 74.4 cm³/mol. The van der Waals surface area contributed by atoms with Gasteiger partial charge in [0.25, 0.3) is 0 Å². The van der Waals surface area contributed by atoms with Gasteiger partial charge in [-0.3, -0.25) is 0 Å². The Bertz CT molecular complexity index is 441. The lowest BCUT2D eigenvalue weighted by Gasteiger charge is -2.16. The van der Waals surface area contributed by atoms with E-state index in [-0.39, 0.29) is 12.6 Å². The SMILES string of the molecule is OC[C@@H](NCCc1ccccc1)c1ccccc1. The minimum atomic E-state index is 0.0231. The van der Waals surface area contributed by atoms with Crippen LogP contribution >= 0.6 is 0 Å². The summed E-state index contributed by atoms with van der Waals surface area (Å²) in [4.78, 5) is 0. The molecule has 0 aromatic heterocycles. The Morgan fingerprint density at radius 3 is 2.11 bits per heavy atom. The zero-order valence-corrected chi connectivity index (χ0v) is 10.4. The van der Waals surface area contributed by atoms with Crippen molar-refractivity contribution in [2.75, 3.05) is 13.2 Å². The first-order chi connectivity index (χ1) is 8.90. The van der Waals surface area contributed by atoms with Gasteiger partial charge in [0.2, 0.25) is 0 Å². The van der Waals surface area contributed by atoms with E-state index in [0.717, 1.165) is 18.5 Å². The monoisotopic (exact) mass is 241 g/mol. The summed E-state index contributed by atoms with van der Waals surface area (Å²) >= 11 is 0. The van der Waals surface area contributed by atoms with Gasteiger partial charge in [-0.2, -0.15) is 0 Å². The van der Waals surface area contributed by atoms with E-state index in [2.05, 4.69) is 29.6 Å². The van der Waals surface area contributed by atoms with E-state index in [1.165, 1.54) is 5.56 Å². The molecule has 0 saturated heterocycles. The van der Waals surface area contributed by atoms with Crippen molar-refractivity contribution in [1.82, 2.24) is 5.32 Å². The summed E-state index contributed by atoms with van der Waals surface area (Å²) in [5.41, 5.74) is 2.45. The Labute approximate surface area is 108 Å². The van der Waals surface area contributed by atoms with Crippen molar-refractivity contribution in [2.45, 2.75) is 12.5 Å². The average Bonchev–Trinajstić information content (AvgIpc) is 2.46. The Morgan fingerprint density at radius 2 is 1.50 bits per heavy atom. The highest BCUT2D eigenvalue weighted by molar-refractivity contribution is 5.19. The maximum absolute atomic E-state index is 9.41. The van der Waals surface area contributed by atoms with Crippen LogP contribution in [0.3, 0.4) is 0 Å². The zero-order valence-electron chi connectivity index (χ0n) is 10.4. The van der Waals surface area contributed by atoms with Crippen LogP contribution in [-0.4, -0.2) is 18.3 Å². The topological polar surface area (TPSA) is 32.3 Å². The van der Waals surface area contributed by atoms with Crippen LogP contribution in [0.15, 0.2) is 60.7 Å². The summed E-state index contributed by atoms with van der Waals surface area (Å²) in [7, 11) is 0. The number of hydrogen-bond acceptors (Lipinski definition) is 2. The summed E-state index contributed by atoms with van der Waals surface area (Å²) in [5.74, 6) is 0. The number of aliphatic hydroxyl groups is 1. The van der Waals surface area contributed by atoms with Gasteiger partial charge in [0, 0.05) is 0 Å². The fraction of sp³-hybridized carbons (Fsp3) is 0.250. The molecule has 2 nitrogen and oxygen atoms in total. The maximum Gasteiger partial charge on any atom is 0.0626 e. The molecule has 2 heteroatoms. The van der Waals surface area contributed by atoms with Gasteiger partial charge in [-0.15, -0.1) is 0 Å². The average molecular weight is 241 g/mol. The summed E-state index contributed by atoms with van der Waals surface area (Å²) < 4.78 is 0. The lowest BCUT2D eigenvalue weighted by Crippen LogP contribution is -2.26. The largest absolute Gasteiger partial charge is 0.394 e. The van der Waals surface area contributed by atoms with Crippen molar-refractivity contribution < 1.29 is 5.11 Å². The Hall–Kier alpha value is -1.64. The lowest BCUT2D eigenvalue weighted by atomic mass is 10.1. The molecule has 0 aliphatic heterocycles. The Morgan fingerprint density at radius 1 is 0.889 bits per heavy atom. The molecule has 94 valence electrons. The maximum atomic E-state index is 9.41. The van der Waals surface area contributed by atoms with Gasteiger partial charge in [0.15, 0.2) is 0 Å². The van der Waals surface area contributed by atoms with Crippen LogP contribution in [0.25, 0.3) is 0 Å². The van der Waals surface area contributed by atoms with Crippen molar-refractivity contribution in [3.63, 3.8) is 0 Å². The smallest absolute Gasteiger partial charge is 0.0626 e. The predicted octanol–water partition coefficient (Wildman–Crippen LogP) is 2.55. The lowest BCUT2D eigenvalue weighted by molar-refractivity contribution is 0.245. The minimum Gasteiger partial charge on any atom is -0.394 e. The molecular formula is C16H19NO. The summed E-state index contributed by atoms with van der Waals surface area (Å²) in [6.07, 6.45) is 0.976. The highest BCUT2D eigenvalue weighted by Gasteiger charge is 2.08. The van der Waals surface area contributed by atoms with Crippen molar-refractivity contribution in [3.05, 3.63) is 71.8 Å². The molecule has 1 atom stereocenters. The molecule has 0 radical (unpaired) electrons. The molecule has 0 spiro atoms. The highest BCUT2D eigenvalue weighted by atomic mass is 16.3. The molecular weight excluding hydrogens is 222 g/mol. The molecule has 0 fully saturated rings. The van der Waals surface area contributed by atoms with E-state index in [9.17, 15) is 5.11 Å². The van der Waals surface area contributed by atoms with Gasteiger partial charge in [-0.25, -0.2) is 0 Å². The third kappa shape index (κ3) is 3.69. The third-order valence-electron chi connectivity index (χ3n) is 3.03. The van der Waals surface area contributed by atoms with Crippen LogP contribution in [0.2, 0.25) is 0 Å². The van der Waals surface area contributed by atoms with E-state index in [0.29, 0.717) is 0 Å². The van der Waals surface area contributed by atoms with Gasteiger partial charge < -0.3 is 10.4 Å². The molecule has 0 amide bonds. The van der Waals surface area contributed by atoms with Crippen LogP contribution in [0, 0.1) is 0 Å². The van der Waals surface area contributed by atoms with Crippen LogP contribution in [-0.2, 0) is 6.42 Å². The first-order valence-electron chi connectivity index (χ1n) is 6.33. The molecule has 2 aromatic rings. The fourth-order valence-electron chi connectivity index (χ4n) is 2.01. The fourth-order valence-corrected chi connectivity index (χ4v) is 2.01. The molecule has 0 aliphatic rings. The number of nitrogens with one attached hydrogen (secondary N) is 1. The summed E-state index contributed by atoms with van der Waals surface area (Å²) in [6, 6.07) is 20.5. The van der Waals surface area contributed by atoms with Crippen LogP contribution in [0.5, 0.6) is 0 Å². The van der Waals surface area contributed by atoms with Crippen LogP contribution < -0.4 is 5.32 Å². The number of aliphatic hydroxyl groups excluding tert-OH is 1. The minimum absolute atomic E-state index is 0.0231. The van der Waals surface area contributed by atoms with E-state index in [1.54, 1.807) is 0 Å². The molecule has 0 bridgehead atoms. The molecule has 2 rings (SSSR count). The van der Waals surface area contributed by atoms with Crippen molar-refractivity contribution in [1.29, 1.82) is 0 Å². The van der Waals surface area contributed by atoms with Crippen LogP contribution in [0.1, 0.15) is 17.2 Å². The zero-order chi connectivity index (χ0) is 12.6. The molecule has 0 heterocycles. The van der Waals surface area contributed by atoms with E-state index < -0.39 is 0 Å². The molecule has 0 aliphatic carbocycles. The summed E-state index contributed by atoms with van der Waals surface area (Å²) in [6.45, 7) is 0.989. The number of benzene rings is 2. The molecule has 18 heavy (non-hydrogen) atoms. The summed E-state index contributed by atoms with van der Waals surface area (Å²) in [5, 5.41) is 12.8. The molecule has 0 saturated carbocycles. The quantitative estimate of drug-likeness (QED) is 0.814. The first kappa shape index (κ1) is 12.8. The Kier molecular flexibility index (Phi) is 4.94. The second kappa shape index (κ2) is 6.94. The van der Waals surface area contributed by atoms with Gasteiger partial charge >= 0.3 is 0 Å². The Balaban J connectivity index is 1.85. The van der Waals surface area contributed by atoms with E-state index >= 15 is 0 Å². The molecule has 0 unspecified atom stereocenters. The number of hydrogen-bond donors (Lipinski definition) is 2. The van der Waals surface area contributed by atoms with Crippen molar-refractivity contribution in [2.24, 2.45) is 0 Å². The second-order valence-electron chi connectivity index (χ2n) is 4.34. The van der Waals surface area contributed by atoms with E-state index in [1.807, 2.05) is 36.4 Å². The van der Waals surface area contributed by atoms with Gasteiger partial charge in [0.1, 0.15) is 0 Å². The van der Waals surface area contributed by atoms with Crippen molar-refractivity contribution in [3.8, 4) is 0 Å². The van der Waals surface area contributed by atoms with E-state index in [4.69, 9.17) is 0 Å².